The number of benzene rings is 2. The Bertz CT molecular complexity index is 2450. The second-order valence-corrected chi connectivity index (χ2v) is 16.3. The third kappa shape index (κ3) is 7.30. The van der Waals surface area contributed by atoms with Gasteiger partial charge < -0.3 is 49.2 Å². The Morgan fingerprint density at radius 1 is 0.783 bits per heavy atom. The molecule has 4 amide bonds. The van der Waals surface area contributed by atoms with E-state index in [1.807, 2.05) is 62.6 Å². The zero-order chi connectivity index (χ0) is 42.4. The van der Waals surface area contributed by atoms with E-state index in [-0.39, 0.29) is 48.3 Å². The van der Waals surface area contributed by atoms with Crippen LogP contribution in [0, 0.1) is 17.7 Å². The highest BCUT2D eigenvalue weighted by atomic mass is 19.1. The van der Waals surface area contributed by atoms with Crippen molar-refractivity contribution in [3.05, 3.63) is 66.3 Å². The van der Waals surface area contributed by atoms with E-state index in [0.717, 1.165) is 36.1 Å². The molecule has 2 saturated heterocycles. The fourth-order valence-corrected chi connectivity index (χ4v) is 8.71. The van der Waals surface area contributed by atoms with E-state index in [1.54, 1.807) is 28.3 Å². The topological polar surface area (TPSA) is 189 Å². The van der Waals surface area contributed by atoms with Gasteiger partial charge in [0.2, 0.25) is 11.8 Å². The van der Waals surface area contributed by atoms with Crippen LogP contribution in [0.1, 0.15) is 77.1 Å². The molecule has 3 aliphatic heterocycles. The van der Waals surface area contributed by atoms with E-state index in [1.165, 1.54) is 14.2 Å². The maximum absolute atomic E-state index is 16.6. The van der Waals surface area contributed by atoms with Gasteiger partial charge in [0, 0.05) is 35.2 Å². The van der Waals surface area contributed by atoms with Crippen molar-refractivity contribution in [2.24, 2.45) is 11.8 Å². The van der Waals surface area contributed by atoms with Gasteiger partial charge in [0.25, 0.3) is 0 Å². The van der Waals surface area contributed by atoms with Crippen molar-refractivity contribution in [3.8, 4) is 39.5 Å². The lowest BCUT2D eigenvalue weighted by Gasteiger charge is -2.30. The van der Waals surface area contributed by atoms with E-state index < -0.39 is 24.3 Å². The third-order valence-corrected chi connectivity index (χ3v) is 11.9. The number of alkyl carbamates (subject to hydrolysis) is 2. The number of hydrogen-bond donors (Lipinski definition) is 4. The van der Waals surface area contributed by atoms with Gasteiger partial charge in [-0.15, -0.1) is 0 Å². The minimum atomic E-state index is -0.743. The molecular weight excluding hydrogens is 774 g/mol. The van der Waals surface area contributed by atoms with Gasteiger partial charge in [0.1, 0.15) is 29.5 Å². The number of aromatic nitrogens is 5. The van der Waals surface area contributed by atoms with Crippen LogP contribution in [0.5, 0.6) is 5.75 Å². The SMILES string of the molecule is COC(=O)NC(C(=O)N1CCC[C@H]1c1ncc(-c2ccc3c(c2)OCn2c-3c(F)c3cc(-c4cnc([C@@H]5CCCN5C(=O)C(NC(=O)OC)C(C)C)[nH]4)ccc32)[nH]1)C(C)C. The highest BCUT2D eigenvalue weighted by Crippen LogP contribution is 2.44. The van der Waals surface area contributed by atoms with Crippen LogP contribution in [0.25, 0.3) is 44.7 Å². The van der Waals surface area contributed by atoms with Gasteiger partial charge >= 0.3 is 12.2 Å². The number of fused-ring (bicyclic) bond motifs is 5. The van der Waals surface area contributed by atoms with Crippen molar-refractivity contribution in [3.63, 3.8) is 0 Å². The number of amides is 4. The molecule has 0 radical (unpaired) electrons. The fourth-order valence-electron chi connectivity index (χ4n) is 8.71. The standard InChI is InChI=1S/C43H50FN9O7/c1-22(2)35(49-42(56)58-5)40(54)51-15-7-9-31(51)38-45-19-28(47-38)24-12-14-30-27(17-24)34(44)37-26-13-11-25(18-33(26)60-21-53(30)37)29-20-46-39(48-29)32-10-8-16-52(32)41(55)36(23(3)4)50-43(57)59-6/h11-14,17-20,22-23,31-32,35-36H,7-10,15-16,21H2,1-6H3,(H,45,47)(H,46,48)(H,49,56)(H,50,57)/t31-,32-,35?,36?/m0/s1. The molecule has 0 bridgehead atoms. The zero-order valence-corrected chi connectivity index (χ0v) is 34.5. The molecule has 16 nitrogen and oxygen atoms in total. The molecule has 2 aromatic carbocycles. The normalized spacial score (nSPS) is 18.3. The number of carbonyl (C=O) groups is 4. The zero-order valence-electron chi connectivity index (χ0n) is 34.5. The van der Waals surface area contributed by atoms with Crippen LogP contribution in [0.15, 0.2) is 48.8 Å². The van der Waals surface area contributed by atoms with E-state index in [2.05, 4.69) is 30.6 Å². The Balaban J connectivity index is 1.01. The molecule has 6 heterocycles. The van der Waals surface area contributed by atoms with Crippen LogP contribution < -0.4 is 15.4 Å². The maximum Gasteiger partial charge on any atom is 0.407 e. The summed E-state index contributed by atoms with van der Waals surface area (Å²) >= 11 is 0. The molecule has 4 atom stereocenters. The molecule has 0 aliphatic carbocycles. The summed E-state index contributed by atoms with van der Waals surface area (Å²) in [5.41, 5.74) is 4.65. The monoisotopic (exact) mass is 823 g/mol. The smallest absolute Gasteiger partial charge is 0.407 e. The highest BCUT2D eigenvalue weighted by molar-refractivity contribution is 5.93. The van der Waals surface area contributed by atoms with E-state index in [9.17, 15) is 19.2 Å². The number of nitrogens with zero attached hydrogens (tertiary/aromatic N) is 5. The molecule has 8 rings (SSSR count). The van der Waals surface area contributed by atoms with Crippen molar-refractivity contribution in [2.45, 2.75) is 84.3 Å². The number of halogens is 1. The van der Waals surface area contributed by atoms with Gasteiger partial charge in [-0.3, -0.25) is 9.59 Å². The van der Waals surface area contributed by atoms with Crippen molar-refractivity contribution < 1.29 is 37.8 Å². The molecule has 0 spiro atoms. The van der Waals surface area contributed by atoms with Crippen LogP contribution in [-0.2, 0) is 25.8 Å². The maximum atomic E-state index is 16.6. The molecule has 60 heavy (non-hydrogen) atoms. The first-order valence-electron chi connectivity index (χ1n) is 20.4. The number of hydrogen-bond acceptors (Lipinski definition) is 9. The highest BCUT2D eigenvalue weighted by Gasteiger charge is 2.39. The summed E-state index contributed by atoms with van der Waals surface area (Å²) in [6, 6.07) is 9.11. The number of carbonyl (C=O) groups excluding carboxylic acids is 4. The second kappa shape index (κ2) is 16.3. The largest absolute Gasteiger partial charge is 0.472 e. The quantitative estimate of drug-likeness (QED) is 0.119. The van der Waals surface area contributed by atoms with Crippen LogP contribution in [-0.4, -0.2) is 97.7 Å². The van der Waals surface area contributed by atoms with Crippen molar-refractivity contribution in [2.75, 3.05) is 27.3 Å². The molecule has 17 heteroatoms. The molecule has 5 aromatic rings. The minimum absolute atomic E-state index is 0.109. The van der Waals surface area contributed by atoms with Gasteiger partial charge in [-0.1, -0.05) is 39.8 Å². The van der Waals surface area contributed by atoms with Crippen LogP contribution >= 0.6 is 0 Å². The van der Waals surface area contributed by atoms with Gasteiger partial charge in [0.15, 0.2) is 12.5 Å². The van der Waals surface area contributed by atoms with Crippen molar-refractivity contribution in [1.29, 1.82) is 0 Å². The van der Waals surface area contributed by atoms with Crippen molar-refractivity contribution >= 4 is 34.9 Å². The molecule has 2 unspecified atom stereocenters. The van der Waals surface area contributed by atoms with E-state index >= 15 is 4.39 Å². The van der Waals surface area contributed by atoms with Crippen LogP contribution in [0.2, 0.25) is 0 Å². The summed E-state index contributed by atoms with van der Waals surface area (Å²) in [4.78, 5) is 70.9. The predicted molar refractivity (Wildman–Crippen MR) is 219 cm³/mol. The first-order chi connectivity index (χ1) is 28.9. The molecule has 0 saturated carbocycles. The molecular formula is C43H50FN9O7. The lowest BCUT2D eigenvalue weighted by molar-refractivity contribution is -0.136. The molecule has 3 aromatic heterocycles. The molecule has 2 fully saturated rings. The van der Waals surface area contributed by atoms with Gasteiger partial charge in [0.05, 0.1) is 61.3 Å². The number of imidazole rings is 2. The third-order valence-electron chi connectivity index (χ3n) is 11.9. The summed E-state index contributed by atoms with van der Waals surface area (Å²) in [5, 5.41) is 5.78. The number of ether oxygens (including phenoxy) is 3. The van der Waals surface area contributed by atoms with Crippen LogP contribution in [0.4, 0.5) is 14.0 Å². The number of H-pyrrole nitrogens is 2. The van der Waals surface area contributed by atoms with Gasteiger partial charge in [-0.25, -0.2) is 23.9 Å². The number of likely N-dealkylation sites (tertiary alicyclic amines) is 2. The summed E-state index contributed by atoms with van der Waals surface area (Å²) in [7, 11) is 2.54. The lowest BCUT2D eigenvalue weighted by atomic mass is 10.0. The Labute approximate surface area is 346 Å². The van der Waals surface area contributed by atoms with E-state index in [0.29, 0.717) is 64.8 Å². The minimum Gasteiger partial charge on any atom is -0.472 e. The second-order valence-electron chi connectivity index (χ2n) is 16.3. The van der Waals surface area contributed by atoms with Crippen LogP contribution in [0.3, 0.4) is 0 Å². The Morgan fingerprint density at radius 2 is 1.30 bits per heavy atom. The number of nitrogens with one attached hydrogen (secondary N) is 4. The summed E-state index contributed by atoms with van der Waals surface area (Å²) in [6.07, 6.45) is 5.12. The Kier molecular flexibility index (Phi) is 11.0. The predicted octanol–water partition coefficient (Wildman–Crippen LogP) is 6.67. The summed E-state index contributed by atoms with van der Waals surface area (Å²) < 4.78 is 34.1. The van der Waals surface area contributed by atoms with Gasteiger partial charge in [-0.05, 0) is 61.8 Å². The molecule has 316 valence electrons. The average Bonchev–Trinajstić information content (AvgIpc) is 4.11. The van der Waals surface area contributed by atoms with Crippen molar-refractivity contribution in [1.82, 2.24) is 44.9 Å². The molecule has 3 aliphatic rings. The Hall–Kier alpha value is -6.39. The first kappa shape index (κ1) is 40.4. The lowest BCUT2D eigenvalue weighted by Crippen LogP contribution is -2.51. The van der Waals surface area contributed by atoms with Gasteiger partial charge in [-0.2, -0.15) is 0 Å². The summed E-state index contributed by atoms with van der Waals surface area (Å²) in [6.45, 7) is 8.68. The molecule has 4 N–H and O–H groups in total. The number of methoxy groups -OCH3 is 2. The van der Waals surface area contributed by atoms with E-state index in [4.69, 9.17) is 14.2 Å². The number of aromatic amines is 2. The fraction of sp³-hybridized carbons (Fsp3) is 0.442. The first-order valence-corrected chi connectivity index (χ1v) is 20.4. The Morgan fingerprint density at radius 3 is 1.82 bits per heavy atom. The summed E-state index contributed by atoms with van der Waals surface area (Å²) in [5.74, 6) is 0.742. The average molecular weight is 824 g/mol. The number of rotatable bonds is 10.